The number of para-hydroxylation sites is 2. The largest absolute Gasteiger partial charge is 0.495 e. The maximum absolute atomic E-state index is 12.9. The van der Waals surface area contributed by atoms with Crippen LogP contribution in [0, 0.1) is 0 Å². The lowest BCUT2D eigenvalue weighted by atomic mass is 10.1. The van der Waals surface area contributed by atoms with Crippen LogP contribution in [0.15, 0.2) is 45.3 Å². The maximum atomic E-state index is 12.9. The fourth-order valence-corrected chi connectivity index (χ4v) is 4.50. The van der Waals surface area contributed by atoms with E-state index in [0.29, 0.717) is 11.3 Å². The molecule has 2 aromatic rings. The summed E-state index contributed by atoms with van der Waals surface area (Å²) in [5.41, 5.74) is 2.38. The van der Waals surface area contributed by atoms with Crippen LogP contribution in [-0.4, -0.2) is 26.1 Å². The van der Waals surface area contributed by atoms with Crippen molar-refractivity contribution >= 4 is 49.1 Å². The van der Waals surface area contributed by atoms with Crippen LogP contribution < -0.4 is 15.0 Å². The molecule has 1 heterocycles. The Morgan fingerprint density at radius 3 is 2.56 bits per heavy atom. The highest BCUT2D eigenvalue weighted by Gasteiger charge is 2.19. The van der Waals surface area contributed by atoms with Crippen LogP contribution in [0.4, 0.5) is 11.4 Å². The third-order valence-electron chi connectivity index (χ3n) is 4.31. The summed E-state index contributed by atoms with van der Waals surface area (Å²) in [5, 5.41) is 3.05. The first-order valence-corrected chi connectivity index (χ1v) is 9.87. The second-order valence-corrected chi connectivity index (χ2v) is 7.76. The molecule has 0 aromatic heterocycles. The van der Waals surface area contributed by atoms with Gasteiger partial charge in [-0.1, -0.05) is 28.1 Å². The molecule has 25 heavy (non-hydrogen) atoms. The first-order valence-electron chi connectivity index (χ1n) is 8.28. The number of piperidine rings is 1. The molecule has 1 amide bonds. The van der Waals surface area contributed by atoms with E-state index in [9.17, 15) is 4.79 Å². The van der Waals surface area contributed by atoms with E-state index in [2.05, 4.69) is 48.1 Å². The number of benzene rings is 2. The standard InChI is InChI=1S/C19H20Br2N2O2/c1-25-18-14(11-13(20)12-15(18)21)19(24)22-16-7-3-4-8-17(16)23-9-5-2-6-10-23/h3-4,7-8,11-12H,2,5-6,9-10H2,1H3,(H,22,24). The molecule has 1 aliphatic rings. The summed E-state index contributed by atoms with van der Waals surface area (Å²) in [4.78, 5) is 15.2. The van der Waals surface area contributed by atoms with E-state index in [1.807, 2.05) is 24.3 Å². The van der Waals surface area contributed by atoms with Gasteiger partial charge in [-0.25, -0.2) is 0 Å². The number of hydrogen-bond acceptors (Lipinski definition) is 3. The highest BCUT2D eigenvalue weighted by molar-refractivity contribution is 9.11. The molecule has 4 nitrogen and oxygen atoms in total. The Bertz CT molecular complexity index is 774. The lowest BCUT2D eigenvalue weighted by molar-refractivity contribution is 0.102. The normalized spacial score (nSPS) is 14.3. The summed E-state index contributed by atoms with van der Waals surface area (Å²) in [6.07, 6.45) is 3.65. The number of amides is 1. The van der Waals surface area contributed by atoms with Crippen LogP contribution in [0.2, 0.25) is 0 Å². The van der Waals surface area contributed by atoms with Gasteiger partial charge in [0.25, 0.3) is 5.91 Å². The Morgan fingerprint density at radius 1 is 1.12 bits per heavy atom. The summed E-state index contributed by atoms with van der Waals surface area (Å²) < 4.78 is 6.95. The minimum atomic E-state index is -0.191. The number of nitrogens with zero attached hydrogens (tertiary/aromatic N) is 1. The van der Waals surface area contributed by atoms with Gasteiger partial charge in [-0.05, 0) is 59.5 Å². The fraction of sp³-hybridized carbons (Fsp3) is 0.316. The lowest BCUT2D eigenvalue weighted by Crippen LogP contribution is -2.30. The molecule has 0 atom stereocenters. The van der Waals surface area contributed by atoms with Crippen LogP contribution in [0.25, 0.3) is 0 Å². The number of carbonyl (C=O) groups is 1. The Kier molecular flexibility index (Phi) is 6.02. The predicted molar refractivity (Wildman–Crippen MR) is 109 cm³/mol. The van der Waals surface area contributed by atoms with Crippen molar-refractivity contribution in [1.29, 1.82) is 0 Å². The van der Waals surface area contributed by atoms with Gasteiger partial charge in [-0.2, -0.15) is 0 Å². The molecular weight excluding hydrogens is 448 g/mol. The quantitative estimate of drug-likeness (QED) is 0.648. The van der Waals surface area contributed by atoms with E-state index in [-0.39, 0.29) is 5.91 Å². The van der Waals surface area contributed by atoms with Crippen LogP contribution in [0.5, 0.6) is 5.75 Å². The Hall–Kier alpha value is -1.53. The van der Waals surface area contributed by atoms with Gasteiger partial charge in [-0.3, -0.25) is 4.79 Å². The van der Waals surface area contributed by atoms with E-state index in [0.717, 1.165) is 33.4 Å². The smallest absolute Gasteiger partial charge is 0.259 e. The van der Waals surface area contributed by atoms with Crippen LogP contribution in [0.1, 0.15) is 29.6 Å². The average Bonchev–Trinajstić information content (AvgIpc) is 2.62. The van der Waals surface area contributed by atoms with Crippen molar-refractivity contribution in [1.82, 2.24) is 0 Å². The zero-order valence-corrected chi connectivity index (χ0v) is 17.2. The molecule has 2 aromatic carbocycles. The molecule has 0 bridgehead atoms. The number of nitrogens with one attached hydrogen (secondary N) is 1. The number of ether oxygens (including phenoxy) is 1. The van der Waals surface area contributed by atoms with Gasteiger partial charge < -0.3 is 15.0 Å². The van der Waals surface area contributed by atoms with Crippen molar-refractivity contribution in [3.8, 4) is 5.75 Å². The first-order chi connectivity index (χ1) is 12.1. The number of rotatable bonds is 4. The molecular formula is C19H20Br2N2O2. The van der Waals surface area contributed by atoms with Crippen LogP contribution in [0.3, 0.4) is 0 Å². The zero-order chi connectivity index (χ0) is 17.8. The summed E-state index contributed by atoms with van der Waals surface area (Å²) in [5.74, 6) is 0.333. The molecule has 0 saturated carbocycles. The highest BCUT2D eigenvalue weighted by Crippen LogP contribution is 2.34. The van der Waals surface area contributed by atoms with Crippen molar-refractivity contribution in [3.63, 3.8) is 0 Å². The summed E-state index contributed by atoms with van der Waals surface area (Å²) >= 11 is 6.88. The third-order valence-corrected chi connectivity index (χ3v) is 5.35. The number of hydrogen-bond donors (Lipinski definition) is 1. The molecule has 0 spiro atoms. The Morgan fingerprint density at radius 2 is 1.84 bits per heavy atom. The second kappa shape index (κ2) is 8.23. The first kappa shape index (κ1) is 18.3. The van der Waals surface area contributed by atoms with Crippen molar-refractivity contribution in [2.45, 2.75) is 19.3 Å². The summed E-state index contributed by atoms with van der Waals surface area (Å²) in [6.45, 7) is 2.05. The lowest BCUT2D eigenvalue weighted by Gasteiger charge is -2.30. The number of methoxy groups -OCH3 is 1. The van der Waals surface area contributed by atoms with E-state index in [1.165, 1.54) is 19.3 Å². The van der Waals surface area contributed by atoms with Gasteiger partial charge in [0.05, 0.1) is 28.5 Å². The molecule has 6 heteroatoms. The molecule has 1 saturated heterocycles. The molecule has 1 fully saturated rings. The topological polar surface area (TPSA) is 41.6 Å². The maximum Gasteiger partial charge on any atom is 0.259 e. The average molecular weight is 468 g/mol. The van der Waals surface area contributed by atoms with Crippen molar-refractivity contribution in [2.24, 2.45) is 0 Å². The zero-order valence-electron chi connectivity index (χ0n) is 14.0. The monoisotopic (exact) mass is 466 g/mol. The Labute approximate surface area is 164 Å². The third kappa shape index (κ3) is 4.18. The van der Waals surface area contributed by atoms with Crippen LogP contribution in [-0.2, 0) is 0 Å². The minimum Gasteiger partial charge on any atom is -0.495 e. The highest BCUT2D eigenvalue weighted by atomic mass is 79.9. The van der Waals surface area contributed by atoms with Gasteiger partial charge in [0.1, 0.15) is 5.75 Å². The van der Waals surface area contributed by atoms with E-state index < -0.39 is 0 Å². The predicted octanol–water partition coefficient (Wildman–Crippen LogP) is 5.46. The van der Waals surface area contributed by atoms with Crippen molar-refractivity contribution in [3.05, 3.63) is 50.9 Å². The number of anilines is 2. The number of carbonyl (C=O) groups excluding carboxylic acids is 1. The van der Waals surface area contributed by atoms with Crippen LogP contribution >= 0.6 is 31.9 Å². The molecule has 132 valence electrons. The van der Waals surface area contributed by atoms with E-state index in [4.69, 9.17) is 4.74 Å². The van der Waals surface area contributed by atoms with Crippen molar-refractivity contribution in [2.75, 3.05) is 30.4 Å². The SMILES string of the molecule is COc1c(Br)cc(Br)cc1C(=O)Nc1ccccc1N1CCCCC1. The fourth-order valence-electron chi connectivity index (χ4n) is 3.12. The molecule has 1 N–H and O–H groups in total. The molecule has 0 unspecified atom stereocenters. The van der Waals surface area contributed by atoms with E-state index >= 15 is 0 Å². The second-order valence-electron chi connectivity index (χ2n) is 5.99. The van der Waals surface area contributed by atoms with Crippen molar-refractivity contribution < 1.29 is 9.53 Å². The summed E-state index contributed by atoms with van der Waals surface area (Å²) in [7, 11) is 1.56. The van der Waals surface area contributed by atoms with Gasteiger partial charge in [-0.15, -0.1) is 0 Å². The van der Waals surface area contributed by atoms with Gasteiger partial charge in [0.15, 0.2) is 0 Å². The van der Waals surface area contributed by atoms with E-state index in [1.54, 1.807) is 13.2 Å². The molecule has 1 aliphatic heterocycles. The molecule has 0 radical (unpaired) electrons. The minimum absolute atomic E-state index is 0.191. The molecule has 0 aliphatic carbocycles. The van der Waals surface area contributed by atoms with Gasteiger partial charge >= 0.3 is 0 Å². The number of halogens is 2. The summed E-state index contributed by atoms with van der Waals surface area (Å²) in [6, 6.07) is 11.6. The van der Waals surface area contributed by atoms with Gasteiger partial charge in [0.2, 0.25) is 0 Å². The Balaban J connectivity index is 1.89. The van der Waals surface area contributed by atoms with Gasteiger partial charge in [0, 0.05) is 17.6 Å². The molecule has 3 rings (SSSR count).